The third-order valence-corrected chi connectivity index (χ3v) is 1.57. The molecule has 0 saturated heterocycles. The second-order valence-corrected chi connectivity index (χ2v) is 2.52. The standard InChI is InChI=1S/C8H4F4N2/c9-5-1-4(3-13)7(14)6(2-5)8(10,11)12/h1-2H,14H2. The molecule has 0 spiro atoms. The van der Waals surface area contributed by atoms with Crippen LogP contribution in [0.4, 0.5) is 23.2 Å². The number of alkyl halides is 3. The minimum Gasteiger partial charge on any atom is -0.397 e. The molecule has 0 radical (unpaired) electrons. The first-order valence-corrected chi connectivity index (χ1v) is 3.42. The van der Waals surface area contributed by atoms with Gasteiger partial charge in [0, 0.05) is 0 Å². The summed E-state index contributed by atoms with van der Waals surface area (Å²) in [6.45, 7) is 0. The molecule has 2 N–H and O–H groups in total. The number of anilines is 1. The van der Waals surface area contributed by atoms with Crippen molar-refractivity contribution in [3.05, 3.63) is 29.1 Å². The highest BCUT2D eigenvalue weighted by Crippen LogP contribution is 2.35. The third kappa shape index (κ3) is 1.76. The minimum atomic E-state index is -4.75. The van der Waals surface area contributed by atoms with Crippen molar-refractivity contribution in [1.29, 1.82) is 5.26 Å². The van der Waals surface area contributed by atoms with Gasteiger partial charge in [-0.1, -0.05) is 0 Å². The third-order valence-electron chi connectivity index (χ3n) is 1.57. The summed E-state index contributed by atoms with van der Waals surface area (Å²) in [6.07, 6.45) is -4.75. The van der Waals surface area contributed by atoms with Crippen molar-refractivity contribution in [2.24, 2.45) is 0 Å². The lowest BCUT2D eigenvalue weighted by atomic mass is 10.1. The zero-order valence-electron chi connectivity index (χ0n) is 6.69. The number of nitrogens with two attached hydrogens (primary N) is 1. The van der Waals surface area contributed by atoms with Crippen molar-refractivity contribution in [3.63, 3.8) is 0 Å². The number of rotatable bonds is 0. The van der Waals surface area contributed by atoms with Crippen LogP contribution in [0.15, 0.2) is 12.1 Å². The number of nitrogens with zero attached hydrogens (tertiary/aromatic N) is 1. The van der Waals surface area contributed by atoms with Crippen LogP contribution in [0, 0.1) is 17.1 Å². The number of hydrogen-bond donors (Lipinski definition) is 1. The molecule has 0 bridgehead atoms. The van der Waals surface area contributed by atoms with Crippen molar-refractivity contribution in [2.45, 2.75) is 6.18 Å². The first-order valence-electron chi connectivity index (χ1n) is 3.42. The zero-order valence-corrected chi connectivity index (χ0v) is 6.69. The van der Waals surface area contributed by atoms with Gasteiger partial charge in [-0.2, -0.15) is 18.4 Å². The highest BCUT2D eigenvalue weighted by molar-refractivity contribution is 5.60. The summed E-state index contributed by atoms with van der Waals surface area (Å²) < 4.78 is 49.2. The molecule has 0 unspecified atom stereocenters. The molecular formula is C8H4F4N2. The Kier molecular flexibility index (Phi) is 2.34. The highest BCUT2D eigenvalue weighted by atomic mass is 19.4. The van der Waals surface area contributed by atoms with Crippen LogP contribution in [0.2, 0.25) is 0 Å². The quantitative estimate of drug-likeness (QED) is 0.520. The number of nitriles is 1. The fraction of sp³-hybridized carbons (Fsp3) is 0.125. The van der Waals surface area contributed by atoms with Crippen LogP contribution in [0.5, 0.6) is 0 Å². The van der Waals surface area contributed by atoms with E-state index in [0.717, 1.165) is 0 Å². The zero-order chi connectivity index (χ0) is 10.9. The number of nitrogen functional groups attached to an aromatic ring is 1. The van der Waals surface area contributed by atoms with Crippen LogP contribution in [0.1, 0.15) is 11.1 Å². The molecule has 1 rings (SSSR count). The molecule has 1 aromatic carbocycles. The van der Waals surface area contributed by atoms with Crippen molar-refractivity contribution < 1.29 is 17.6 Å². The van der Waals surface area contributed by atoms with E-state index in [-0.39, 0.29) is 6.07 Å². The highest BCUT2D eigenvalue weighted by Gasteiger charge is 2.34. The lowest BCUT2D eigenvalue weighted by Crippen LogP contribution is -2.10. The van der Waals surface area contributed by atoms with E-state index in [1.807, 2.05) is 0 Å². The Balaban J connectivity index is 3.47. The molecule has 0 atom stereocenters. The van der Waals surface area contributed by atoms with Crippen LogP contribution in [0.25, 0.3) is 0 Å². The molecule has 14 heavy (non-hydrogen) atoms. The molecule has 0 aromatic heterocycles. The Morgan fingerprint density at radius 1 is 1.29 bits per heavy atom. The predicted molar refractivity (Wildman–Crippen MR) is 40.5 cm³/mol. The minimum absolute atomic E-state index is 0.260. The van der Waals surface area contributed by atoms with Crippen molar-refractivity contribution in [1.82, 2.24) is 0 Å². The van der Waals surface area contributed by atoms with Crippen molar-refractivity contribution >= 4 is 5.69 Å². The van der Waals surface area contributed by atoms with Gasteiger partial charge >= 0.3 is 6.18 Å². The van der Waals surface area contributed by atoms with E-state index in [9.17, 15) is 17.6 Å². The Morgan fingerprint density at radius 2 is 1.86 bits per heavy atom. The second-order valence-electron chi connectivity index (χ2n) is 2.52. The largest absolute Gasteiger partial charge is 0.418 e. The van der Waals surface area contributed by atoms with E-state index in [1.165, 1.54) is 6.07 Å². The van der Waals surface area contributed by atoms with E-state index in [0.29, 0.717) is 6.07 Å². The fourth-order valence-corrected chi connectivity index (χ4v) is 0.945. The average molecular weight is 204 g/mol. The van der Waals surface area contributed by atoms with Crippen molar-refractivity contribution in [2.75, 3.05) is 5.73 Å². The summed E-state index contributed by atoms with van der Waals surface area (Å²) >= 11 is 0. The van der Waals surface area contributed by atoms with Gasteiger partial charge in [-0.3, -0.25) is 0 Å². The Labute approximate surface area is 76.6 Å². The molecule has 0 aliphatic carbocycles. The van der Waals surface area contributed by atoms with E-state index in [1.54, 1.807) is 0 Å². The lowest BCUT2D eigenvalue weighted by Gasteiger charge is -2.10. The predicted octanol–water partition coefficient (Wildman–Crippen LogP) is 2.30. The van der Waals surface area contributed by atoms with Gasteiger partial charge in [-0.05, 0) is 12.1 Å². The van der Waals surface area contributed by atoms with E-state index in [2.05, 4.69) is 0 Å². The fourth-order valence-electron chi connectivity index (χ4n) is 0.945. The molecular weight excluding hydrogens is 200 g/mol. The first kappa shape index (κ1) is 10.3. The van der Waals surface area contributed by atoms with Gasteiger partial charge in [-0.25, -0.2) is 4.39 Å². The van der Waals surface area contributed by atoms with Crippen LogP contribution in [-0.4, -0.2) is 0 Å². The Bertz CT molecular complexity index is 403. The smallest absolute Gasteiger partial charge is 0.397 e. The van der Waals surface area contributed by atoms with Gasteiger partial charge in [0.05, 0.1) is 16.8 Å². The van der Waals surface area contributed by atoms with Gasteiger partial charge in [0.25, 0.3) is 0 Å². The molecule has 0 aliphatic heterocycles. The maximum atomic E-state index is 12.6. The van der Waals surface area contributed by atoms with Gasteiger partial charge in [0.15, 0.2) is 0 Å². The van der Waals surface area contributed by atoms with Gasteiger partial charge < -0.3 is 5.73 Å². The van der Waals surface area contributed by atoms with Gasteiger partial charge in [-0.15, -0.1) is 0 Å². The molecule has 74 valence electrons. The van der Waals surface area contributed by atoms with Gasteiger partial charge in [0.2, 0.25) is 0 Å². The SMILES string of the molecule is N#Cc1cc(F)cc(C(F)(F)F)c1N. The molecule has 6 heteroatoms. The molecule has 0 fully saturated rings. The Morgan fingerprint density at radius 3 is 2.29 bits per heavy atom. The average Bonchev–Trinajstić information content (AvgIpc) is 2.06. The molecule has 0 aliphatic rings. The maximum absolute atomic E-state index is 12.6. The molecule has 0 amide bonds. The van der Waals surface area contributed by atoms with E-state index >= 15 is 0 Å². The van der Waals surface area contributed by atoms with E-state index in [4.69, 9.17) is 11.0 Å². The molecule has 0 saturated carbocycles. The van der Waals surface area contributed by atoms with Gasteiger partial charge in [0.1, 0.15) is 11.9 Å². The summed E-state index contributed by atoms with van der Waals surface area (Å²) in [5.74, 6) is -1.14. The Hall–Kier alpha value is -1.77. The molecule has 1 aromatic rings. The maximum Gasteiger partial charge on any atom is 0.418 e. The number of benzene rings is 1. The second kappa shape index (κ2) is 3.18. The van der Waals surface area contributed by atoms with Crippen LogP contribution < -0.4 is 5.73 Å². The summed E-state index contributed by atoms with van der Waals surface area (Å²) in [7, 11) is 0. The van der Waals surface area contributed by atoms with Crippen LogP contribution >= 0.6 is 0 Å². The summed E-state index contributed by atoms with van der Waals surface area (Å²) in [5.41, 5.74) is 2.45. The van der Waals surface area contributed by atoms with Crippen molar-refractivity contribution in [3.8, 4) is 6.07 Å². The lowest BCUT2D eigenvalue weighted by molar-refractivity contribution is -0.137. The van der Waals surface area contributed by atoms with Crippen LogP contribution in [-0.2, 0) is 6.18 Å². The summed E-state index contributed by atoms with van der Waals surface area (Å²) in [5, 5.41) is 8.37. The normalized spacial score (nSPS) is 11.1. The number of hydrogen-bond acceptors (Lipinski definition) is 2. The summed E-state index contributed by atoms with van der Waals surface area (Å²) in [4.78, 5) is 0. The topological polar surface area (TPSA) is 49.8 Å². The summed E-state index contributed by atoms with van der Waals surface area (Å²) in [6, 6.07) is 2.30. The molecule has 2 nitrogen and oxygen atoms in total. The first-order chi connectivity index (χ1) is 6.36. The molecule has 0 heterocycles. The number of halogens is 4. The van der Waals surface area contributed by atoms with E-state index < -0.39 is 28.8 Å². The van der Waals surface area contributed by atoms with Crippen LogP contribution in [0.3, 0.4) is 0 Å². The monoisotopic (exact) mass is 204 g/mol.